The predicted molar refractivity (Wildman–Crippen MR) is 46.2 cm³/mol. The number of morpholine rings is 1. The van der Waals surface area contributed by atoms with Gasteiger partial charge < -0.3 is 14.8 Å². The summed E-state index contributed by atoms with van der Waals surface area (Å²) < 4.78 is 10.8. The Kier molecular flexibility index (Phi) is 2.98. The molecule has 0 radical (unpaired) electrons. The van der Waals surface area contributed by atoms with E-state index in [9.17, 15) is 0 Å². The van der Waals surface area contributed by atoms with Crippen LogP contribution in [0, 0.1) is 5.92 Å². The highest BCUT2D eigenvalue weighted by Crippen LogP contribution is 2.19. The lowest BCUT2D eigenvalue weighted by atomic mass is 9.92. The Morgan fingerprint density at radius 2 is 1.83 bits per heavy atom. The zero-order valence-corrected chi connectivity index (χ0v) is 7.42. The van der Waals surface area contributed by atoms with Crippen LogP contribution >= 0.6 is 0 Å². The lowest BCUT2D eigenvalue weighted by Gasteiger charge is -2.33. The van der Waals surface area contributed by atoms with E-state index in [4.69, 9.17) is 9.47 Å². The van der Waals surface area contributed by atoms with Crippen molar-refractivity contribution in [3.05, 3.63) is 0 Å². The molecule has 1 N–H and O–H groups in total. The van der Waals surface area contributed by atoms with E-state index in [1.54, 1.807) is 0 Å². The first-order chi connectivity index (χ1) is 5.97. The Bertz CT molecular complexity index is 112. The monoisotopic (exact) mass is 171 g/mol. The molecule has 2 rings (SSSR count). The molecule has 3 heteroatoms. The summed E-state index contributed by atoms with van der Waals surface area (Å²) in [5.41, 5.74) is 0. The van der Waals surface area contributed by atoms with Gasteiger partial charge in [-0.2, -0.15) is 0 Å². The van der Waals surface area contributed by atoms with E-state index >= 15 is 0 Å². The van der Waals surface area contributed by atoms with E-state index in [1.807, 2.05) is 0 Å². The fourth-order valence-electron chi connectivity index (χ4n) is 2.01. The van der Waals surface area contributed by atoms with Crippen molar-refractivity contribution in [2.24, 2.45) is 5.92 Å². The molecule has 0 saturated carbocycles. The SMILES string of the molecule is C1COC[C@H](C2CCOCC2)N1. The summed E-state index contributed by atoms with van der Waals surface area (Å²) in [6.07, 6.45) is 2.39. The summed E-state index contributed by atoms with van der Waals surface area (Å²) in [7, 11) is 0. The normalized spacial score (nSPS) is 33.5. The third-order valence-corrected chi connectivity index (χ3v) is 2.79. The Hall–Kier alpha value is -0.120. The smallest absolute Gasteiger partial charge is 0.0623 e. The highest BCUT2D eigenvalue weighted by Gasteiger charge is 2.25. The number of hydrogen-bond donors (Lipinski definition) is 1. The first-order valence-electron chi connectivity index (χ1n) is 4.86. The largest absolute Gasteiger partial charge is 0.381 e. The molecule has 0 aromatic heterocycles. The van der Waals surface area contributed by atoms with E-state index in [2.05, 4.69) is 5.32 Å². The Morgan fingerprint density at radius 1 is 1.00 bits per heavy atom. The van der Waals surface area contributed by atoms with Gasteiger partial charge in [0, 0.05) is 25.8 Å². The van der Waals surface area contributed by atoms with Gasteiger partial charge in [0.15, 0.2) is 0 Å². The van der Waals surface area contributed by atoms with Crippen LogP contribution < -0.4 is 5.32 Å². The fourth-order valence-corrected chi connectivity index (χ4v) is 2.01. The molecule has 2 fully saturated rings. The van der Waals surface area contributed by atoms with Crippen molar-refractivity contribution in [3.63, 3.8) is 0 Å². The van der Waals surface area contributed by atoms with Gasteiger partial charge in [0.1, 0.15) is 0 Å². The molecule has 0 aromatic carbocycles. The maximum absolute atomic E-state index is 5.43. The van der Waals surface area contributed by atoms with Gasteiger partial charge in [-0.3, -0.25) is 0 Å². The van der Waals surface area contributed by atoms with Gasteiger partial charge in [0.25, 0.3) is 0 Å². The quantitative estimate of drug-likeness (QED) is 0.619. The highest BCUT2D eigenvalue weighted by molar-refractivity contribution is 4.80. The molecule has 0 amide bonds. The van der Waals surface area contributed by atoms with Crippen molar-refractivity contribution in [2.75, 3.05) is 33.0 Å². The number of hydrogen-bond acceptors (Lipinski definition) is 3. The third-order valence-electron chi connectivity index (χ3n) is 2.79. The zero-order chi connectivity index (χ0) is 8.23. The first-order valence-corrected chi connectivity index (χ1v) is 4.86. The minimum absolute atomic E-state index is 0.586. The van der Waals surface area contributed by atoms with E-state index in [0.717, 1.165) is 38.9 Å². The molecule has 0 unspecified atom stereocenters. The Labute approximate surface area is 73.4 Å². The minimum atomic E-state index is 0.586. The molecule has 1 atom stereocenters. The van der Waals surface area contributed by atoms with Crippen molar-refractivity contribution in [2.45, 2.75) is 18.9 Å². The molecule has 70 valence electrons. The second kappa shape index (κ2) is 4.21. The van der Waals surface area contributed by atoms with Gasteiger partial charge in [-0.1, -0.05) is 0 Å². The van der Waals surface area contributed by atoms with E-state index < -0.39 is 0 Å². The van der Waals surface area contributed by atoms with Crippen LogP contribution in [0.4, 0.5) is 0 Å². The van der Waals surface area contributed by atoms with Crippen LogP contribution in [0.15, 0.2) is 0 Å². The summed E-state index contributed by atoms with van der Waals surface area (Å²) >= 11 is 0. The molecule has 0 aromatic rings. The van der Waals surface area contributed by atoms with Gasteiger partial charge in [0.05, 0.1) is 13.2 Å². The second-order valence-electron chi connectivity index (χ2n) is 3.59. The van der Waals surface area contributed by atoms with Crippen molar-refractivity contribution >= 4 is 0 Å². The molecule has 2 aliphatic heterocycles. The highest BCUT2D eigenvalue weighted by atomic mass is 16.5. The van der Waals surface area contributed by atoms with Crippen LogP contribution in [-0.2, 0) is 9.47 Å². The van der Waals surface area contributed by atoms with Gasteiger partial charge in [-0.25, -0.2) is 0 Å². The molecule has 0 aliphatic carbocycles. The van der Waals surface area contributed by atoms with Crippen LogP contribution in [0.5, 0.6) is 0 Å². The first kappa shape index (κ1) is 8.48. The second-order valence-corrected chi connectivity index (χ2v) is 3.59. The van der Waals surface area contributed by atoms with Crippen LogP contribution in [0.2, 0.25) is 0 Å². The number of rotatable bonds is 1. The zero-order valence-electron chi connectivity index (χ0n) is 7.42. The average molecular weight is 171 g/mol. The van der Waals surface area contributed by atoms with E-state index in [0.29, 0.717) is 6.04 Å². The summed E-state index contributed by atoms with van der Waals surface area (Å²) in [6.45, 7) is 4.65. The minimum Gasteiger partial charge on any atom is -0.381 e. The van der Waals surface area contributed by atoms with Gasteiger partial charge in [0.2, 0.25) is 0 Å². The Morgan fingerprint density at radius 3 is 2.50 bits per heavy atom. The van der Waals surface area contributed by atoms with Crippen molar-refractivity contribution in [1.82, 2.24) is 5.32 Å². The molecular formula is C9H17NO2. The average Bonchev–Trinajstić information content (AvgIpc) is 2.21. The topological polar surface area (TPSA) is 30.5 Å². The van der Waals surface area contributed by atoms with Gasteiger partial charge in [-0.05, 0) is 18.8 Å². The van der Waals surface area contributed by atoms with Gasteiger partial charge in [-0.15, -0.1) is 0 Å². The molecule has 0 bridgehead atoms. The van der Waals surface area contributed by atoms with Crippen molar-refractivity contribution in [1.29, 1.82) is 0 Å². The van der Waals surface area contributed by atoms with Crippen LogP contribution in [0.25, 0.3) is 0 Å². The lowest BCUT2D eigenvalue weighted by molar-refractivity contribution is 0.0104. The molecule has 0 spiro atoms. The number of nitrogens with one attached hydrogen (secondary N) is 1. The van der Waals surface area contributed by atoms with Crippen LogP contribution in [0.1, 0.15) is 12.8 Å². The third kappa shape index (κ3) is 1.97. The van der Waals surface area contributed by atoms with Crippen molar-refractivity contribution < 1.29 is 9.47 Å². The fraction of sp³-hybridized carbons (Fsp3) is 1.00. The molecule has 2 heterocycles. The maximum Gasteiger partial charge on any atom is 0.0623 e. The Balaban J connectivity index is 1.80. The molecular weight excluding hydrogens is 154 g/mol. The lowest BCUT2D eigenvalue weighted by Crippen LogP contribution is -2.47. The summed E-state index contributed by atoms with van der Waals surface area (Å²) in [5, 5.41) is 3.51. The summed E-state index contributed by atoms with van der Waals surface area (Å²) in [4.78, 5) is 0. The molecule has 3 nitrogen and oxygen atoms in total. The van der Waals surface area contributed by atoms with E-state index in [1.165, 1.54) is 12.8 Å². The van der Waals surface area contributed by atoms with Crippen LogP contribution in [0.3, 0.4) is 0 Å². The predicted octanol–water partition coefficient (Wildman–Crippen LogP) is 0.401. The van der Waals surface area contributed by atoms with Crippen LogP contribution in [-0.4, -0.2) is 39.0 Å². The summed E-state index contributed by atoms with van der Waals surface area (Å²) in [6, 6.07) is 0.586. The van der Waals surface area contributed by atoms with Crippen molar-refractivity contribution in [3.8, 4) is 0 Å². The number of ether oxygens (including phenoxy) is 2. The van der Waals surface area contributed by atoms with Gasteiger partial charge >= 0.3 is 0 Å². The maximum atomic E-state index is 5.43. The molecule has 2 aliphatic rings. The molecule has 12 heavy (non-hydrogen) atoms. The van der Waals surface area contributed by atoms with E-state index in [-0.39, 0.29) is 0 Å². The summed E-state index contributed by atoms with van der Waals surface area (Å²) in [5.74, 6) is 0.777. The molecule has 2 saturated heterocycles. The standard InChI is InChI=1S/C9H17NO2/c1-4-11-5-2-8(1)9-7-12-6-3-10-9/h8-10H,1-7H2/t9-/m1/s1.